The van der Waals surface area contributed by atoms with Gasteiger partial charge < -0.3 is 5.32 Å². The van der Waals surface area contributed by atoms with Gasteiger partial charge in [-0.2, -0.15) is 0 Å². The molecule has 0 amide bonds. The van der Waals surface area contributed by atoms with E-state index in [1.54, 1.807) is 0 Å². The molecule has 0 aromatic rings. The SMILES string of the molecule is C#CCCNC1CC(C)C1C. The molecule has 1 aliphatic carbocycles. The lowest BCUT2D eigenvalue weighted by Crippen LogP contribution is -2.48. The zero-order valence-corrected chi connectivity index (χ0v) is 7.43. The molecule has 11 heavy (non-hydrogen) atoms. The summed E-state index contributed by atoms with van der Waals surface area (Å²) in [5.41, 5.74) is 0. The van der Waals surface area contributed by atoms with E-state index >= 15 is 0 Å². The van der Waals surface area contributed by atoms with Crippen LogP contribution in [0.1, 0.15) is 26.7 Å². The average Bonchev–Trinajstić information content (AvgIpc) is 2.03. The van der Waals surface area contributed by atoms with Crippen molar-refractivity contribution in [2.75, 3.05) is 6.54 Å². The Morgan fingerprint density at radius 2 is 2.27 bits per heavy atom. The molecule has 0 saturated heterocycles. The third-order valence-corrected chi connectivity index (χ3v) is 2.83. The van der Waals surface area contributed by atoms with Crippen LogP contribution >= 0.6 is 0 Å². The highest BCUT2D eigenvalue weighted by Gasteiger charge is 2.33. The van der Waals surface area contributed by atoms with E-state index in [-0.39, 0.29) is 0 Å². The highest BCUT2D eigenvalue weighted by atomic mass is 14.9. The molecular weight excluding hydrogens is 134 g/mol. The molecule has 1 nitrogen and oxygen atoms in total. The van der Waals surface area contributed by atoms with Crippen molar-refractivity contribution in [3.8, 4) is 12.3 Å². The Hall–Kier alpha value is -0.480. The summed E-state index contributed by atoms with van der Waals surface area (Å²) >= 11 is 0. The maximum atomic E-state index is 5.15. The van der Waals surface area contributed by atoms with Crippen LogP contribution in [-0.2, 0) is 0 Å². The molecule has 1 fully saturated rings. The Balaban J connectivity index is 2.06. The number of hydrogen-bond donors (Lipinski definition) is 1. The third-order valence-electron chi connectivity index (χ3n) is 2.83. The van der Waals surface area contributed by atoms with Crippen LogP contribution < -0.4 is 5.32 Å². The van der Waals surface area contributed by atoms with Gasteiger partial charge in [0, 0.05) is 19.0 Å². The van der Waals surface area contributed by atoms with Crippen LogP contribution in [-0.4, -0.2) is 12.6 Å². The van der Waals surface area contributed by atoms with E-state index in [0.29, 0.717) is 0 Å². The van der Waals surface area contributed by atoms with Gasteiger partial charge in [-0.3, -0.25) is 0 Å². The molecule has 0 spiro atoms. The fourth-order valence-corrected chi connectivity index (χ4v) is 1.63. The Morgan fingerprint density at radius 3 is 2.73 bits per heavy atom. The van der Waals surface area contributed by atoms with Crippen molar-refractivity contribution in [3.63, 3.8) is 0 Å². The second-order valence-corrected chi connectivity index (χ2v) is 3.59. The first-order valence-electron chi connectivity index (χ1n) is 4.42. The number of terminal acetylenes is 1. The molecule has 3 atom stereocenters. The highest BCUT2D eigenvalue weighted by Crippen LogP contribution is 2.33. The first kappa shape index (κ1) is 8.62. The molecule has 0 heterocycles. The summed E-state index contributed by atoms with van der Waals surface area (Å²) in [6, 6.07) is 0.735. The van der Waals surface area contributed by atoms with Crippen LogP contribution in [0.15, 0.2) is 0 Å². The standard InChI is InChI=1S/C10H17N/c1-4-5-6-11-10-7-8(2)9(10)3/h1,8-11H,5-7H2,2-3H3. The fraction of sp³-hybridized carbons (Fsp3) is 0.800. The Morgan fingerprint density at radius 1 is 1.55 bits per heavy atom. The Labute approximate surface area is 69.6 Å². The van der Waals surface area contributed by atoms with E-state index in [4.69, 9.17) is 6.42 Å². The minimum Gasteiger partial charge on any atom is -0.313 e. The average molecular weight is 151 g/mol. The lowest BCUT2D eigenvalue weighted by Gasteiger charge is -2.41. The lowest BCUT2D eigenvalue weighted by atomic mass is 9.71. The van der Waals surface area contributed by atoms with Crippen LogP contribution in [0, 0.1) is 24.2 Å². The first-order chi connectivity index (χ1) is 5.25. The predicted molar refractivity (Wildman–Crippen MR) is 48.2 cm³/mol. The van der Waals surface area contributed by atoms with Crippen molar-refractivity contribution < 1.29 is 0 Å². The zero-order chi connectivity index (χ0) is 8.27. The number of rotatable bonds is 3. The molecule has 1 aliphatic rings. The molecule has 1 rings (SSSR count). The molecule has 1 N–H and O–H groups in total. The molecule has 0 radical (unpaired) electrons. The van der Waals surface area contributed by atoms with Crippen LogP contribution in [0.2, 0.25) is 0 Å². The van der Waals surface area contributed by atoms with Gasteiger partial charge in [0.1, 0.15) is 0 Å². The zero-order valence-electron chi connectivity index (χ0n) is 7.43. The molecule has 62 valence electrons. The second kappa shape index (κ2) is 3.78. The summed E-state index contributed by atoms with van der Waals surface area (Å²) in [5, 5.41) is 3.46. The highest BCUT2D eigenvalue weighted by molar-refractivity contribution is 4.91. The van der Waals surface area contributed by atoms with Crippen molar-refractivity contribution in [1.29, 1.82) is 0 Å². The van der Waals surface area contributed by atoms with Crippen molar-refractivity contribution in [2.45, 2.75) is 32.7 Å². The topological polar surface area (TPSA) is 12.0 Å². The van der Waals surface area contributed by atoms with Gasteiger partial charge in [0.05, 0.1) is 0 Å². The second-order valence-electron chi connectivity index (χ2n) is 3.59. The Bertz CT molecular complexity index is 157. The summed E-state index contributed by atoms with van der Waals surface area (Å²) in [6.45, 7) is 5.60. The minimum atomic E-state index is 0.735. The van der Waals surface area contributed by atoms with Gasteiger partial charge in [0.15, 0.2) is 0 Å². The quantitative estimate of drug-likeness (QED) is 0.477. The summed E-state index contributed by atoms with van der Waals surface area (Å²) in [4.78, 5) is 0. The van der Waals surface area contributed by atoms with E-state index < -0.39 is 0 Å². The number of hydrogen-bond acceptors (Lipinski definition) is 1. The van der Waals surface area contributed by atoms with E-state index in [1.807, 2.05) is 0 Å². The van der Waals surface area contributed by atoms with Gasteiger partial charge in [-0.1, -0.05) is 13.8 Å². The molecule has 1 saturated carbocycles. The molecule has 0 bridgehead atoms. The van der Waals surface area contributed by atoms with E-state index in [0.717, 1.165) is 30.8 Å². The van der Waals surface area contributed by atoms with Crippen LogP contribution in [0.5, 0.6) is 0 Å². The predicted octanol–water partition coefficient (Wildman–Crippen LogP) is 1.64. The number of nitrogens with one attached hydrogen (secondary N) is 1. The minimum absolute atomic E-state index is 0.735. The van der Waals surface area contributed by atoms with Gasteiger partial charge in [0.2, 0.25) is 0 Å². The van der Waals surface area contributed by atoms with Crippen molar-refractivity contribution >= 4 is 0 Å². The van der Waals surface area contributed by atoms with Gasteiger partial charge >= 0.3 is 0 Å². The van der Waals surface area contributed by atoms with E-state index in [2.05, 4.69) is 25.1 Å². The smallest absolute Gasteiger partial charge is 0.0212 e. The molecule has 1 heteroatoms. The maximum absolute atomic E-state index is 5.15. The van der Waals surface area contributed by atoms with Crippen molar-refractivity contribution in [1.82, 2.24) is 5.32 Å². The summed E-state index contributed by atoms with van der Waals surface area (Å²) in [6.07, 6.45) is 7.33. The summed E-state index contributed by atoms with van der Waals surface area (Å²) in [5.74, 6) is 4.38. The van der Waals surface area contributed by atoms with Crippen LogP contribution in [0.4, 0.5) is 0 Å². The molecule has 3 unspecified atom stereocenters. The third kappa shape index (κ3) is 1.97. The van der Waals surface area contributed by atoms with Gasteiger partial charge in [-0.15, -0.1) is 12.3 Å². The normalized spacial score (nSPS) is 35.9. The van der Waals surface area contributed by atoms with E-state index in [9.17, 15) is 0 Å². The largest absolute Gasteiger partial charge is 0.313 e. The van der Waals surface area contributed by atoms with Crippen LogP contribution in [0.25, 0.3) is 0 Å². The summed E-state index contributed by atoms with van der Waals surface area (Å²) < 4.78 is 0. The van der Waals surface area contributed by atoms with Gasteiger partial charge in [-0.25, -0.2) is 0 Å². The van der Waals surface area contributed by atoms with Crippen LogP contribution in [0.3, 0.4) is 0 Å². The Kier molecular flexibility index (Phi) is 2.96. The van der Waals surface area contributed by atoms with Gasteiger partial charge in [-0.05, 0) is 18.3 Å². The monoisotopic (exact) mass is 151 g/mol. The fourth-order valence-electron chi connectivity index (χ4n) is 1.63. The molecule has 0 aliphatic heterocycles. The van der Waals surface area contributed by atoms with E-state index in [1.165, 1.54) is 6.42 Å². The molecule has 0 aromatic carbocycles. The molecule has 0 aromatic heterocycles. The maximum Gasteiger partial charge on any atom is 0.0212 e. The summed E-state index contributed by atoms with van der Waals surface area (Å²) in [7, 11) is 0. The molecular formula is C10H17N. The van der Waals surface area contributed by atoms with Crippen molar-refractivity contribution in [3.05, 3.63) is 0 Å². The van der Waals surface area contributed by atoms with Crippen molar-refractivity contribution in [2.24, 2.45) is 11.8 Å². The van der Waals surface area contributed by atoms with Gasteiger partial charge in [0.25, 0.3) is 0 Å². The lowest BCUT2D eigenvalue weighted by molar-refractivity contribution is 0.139. The first-order valence-corrected chi connectivity index (χ1v) is 4.42.